The SMILES string of the molecule is CCOC(=O)C1=C(C)N=c2s/c(=C\c3cc(Br)cc(I)c3OCc3cccc4ccccc34)c(=O)n2[C@@H]1c1ccccc1Cl. The van der Waals surface area contributed by atoms with E-state index in [2.05, 4.69) is 67.8 Å². The summed E-state index contributed by atoms with van der Waals surface area (Å²) >= 11 is 13.7. The van der Waals surface area contributed by atoms with Crippen LogP contribution in [0.5, 0.6) is 5.75 Å². The second kappa shape index (κ2) is 13.0. The minimum absolute atomic E-state index is 0.193. The molecule has 0 N–H and O–H groups in total. The molecule has 44 heavy (non-hydrogen) atoms. The third-order valence-electron chi connectivity index (χ3n) is 7.29. The van der Waals surface area contributed by atoms with Crippen molar-refractivity contribution in [1.29, 1.82) is 0 Å². The number of fused-ring (bicyclic) bond motifs is 2. The molecule has 0 bridgehead atoms. The number of carbonyl (C=O) groups is 1. The number of hydrogen-bond acceptors (Lipinski definition) is 6. The summed E-state index contributed by atoms with van der Waals surface area (Å²) in [7, 11) is 0. The number of rotatable bonds is 7. The maximum absolute atomic E-state index is 14.2. The first kappa shape index (κ1) is 30.8. The van der Waals surface area contributed by atoms with Crippen LogP contribution in [0.1, 0.15) is 36.6 Å². The summed E-state index contributed by atoms with van der Waals surface area (Å²) in [6, 6.07) is 24.7. The van der Waals surface area contributed by atoms with Gasteiger partial charge in [0.15, 0.2) is 4.80 Å². The number of carbonyl (C=O) groups excluding carboxylic acids is 1. The summed E-state index contributed by atoms with van der Waals surface area (Å²) in [6.07, 6.45) is 1.82. The molecule has 10 heteroatoms. The third-order valence-corrected chi connectivity index (χ3v) is 9.88. The largest absolute Gasteiger partial charge is 0.487 e. The Labute approximate surface area is 284 Å². The molecule has 0 aliphatic carbocycles. The Bertz CT molecular complexity index is 2150. The number of ether oxygens (including phenoxy) is 2. The molecule has 1 aromatic heterocycles. The van der Waals surface area contributed by atoms with Crippen LogP contribution in [-0.4, -0.2) is 17.1 Å². The van der Waals surface area contributed by atoms with E-state index >= 15 is 0 Å². The molecule has 6 nitrogen and oxygen atoms in total. The van der Waals surface area contributed by atoms with Crippen LogP contribution in [0.3, 0.4) is 0 Å². The highest BCUT2D eigenvalue weighted by atomic mass is 127. The van der Waals surface area contributed by atoms with E-state index in [0.717, 1.165) is 29.9 Å². The Morgan fingerprint density at radius 1 is 1.11 bits per heavy atom. The molecule has 0 unspecified atom stereocenters. The molecule has 0 spiro atoms. The second-order valence-corrected chi connectivity index (χ2v) is 13.6. The van der Waals surface area contributed by atoms with Gasteiger partial charge in [-0.3, -0.25) is 9.36 Å². The van der Waals surface area contributed by atoms with Crippen LogP contribution in [0.15, 0.2) is 104 Å². The average molecular weight is 800 g/mol. The first-order valence-corrected chi connectivity index (χ1v) is 16.9. The normalized spacial score (nSPS) is 14.8. The lowest BCUT2D eigenvalue weighted by Crippen LogP contribution is -2.40. The summed E-state index contributed by atoms with van der Waals surface area (Å²) in [5, 5.41) is 2.71. The summed E-state index contributed by atoms with van der Waals surface area (Å²) in [5.74, 6) is 0.136. The Morgan fingerprint density at radius 2 is 1.86 bits per heavy atom. The zero-order chi connectivity index (χ0) is 31.0. The van der Waals surface area contributed by atoms with Gasteiger partial charge >= 0.3 is 5.97 Å². The lowest BCUT2D eigenvalue weighted by molar-refractivity contribution is -0.139. The lowest BCUT2D eigenvalue weighted by atomic mass is 9.96. The number of thiazole rings is 1. The molecule has 1 atom stereocenters. The lowest BCUT2D eigenvalue weighted by Gasteiger charge is -2.25. The van der Waals surface area contributed by atoms with Gasteiger partial charge in [0.1, 0.15) is 18.4 Å². The predicted octanol–water partition coefficient (Wildman–Crippen LogP) is 7.55. The van der Waals surface area contributed by atoms with Crippen LogP contribution in [-0.2, 0) is 16.1 Å². The van der Waals surface area contributed by atoms with Gasteiger partial charge in [0, 0.05) is 15.1 Å². The van der Waals surface area contributed by atoms with E-state index in [1.54, 1.807) is 19.9 Å². The number of hydrogen-bond donors (Lipinski definition) is 0. The molecular weight excluding hydrogens is 775 g/mol. The van der Waals surface area contributed by atoms with Gasteiger partial charge in [-0.15, -0.1) is 0 Å². The predicted molar refractivity (Wildman–Crippen MR) is 187 cm³/mol. The topological polar surface area (TPSA) is 69.9 Å². The van der Waals surface area contributed by atoms with E-state index in [-0.39, 0.29) is 17.7 Å². The number of nitrogens with zero attached hydrogens (tertiary/aromatic N) is 2. The molecule has 4 aromatic carbocycles. The van der Waals surface area contributed by atoms with Crippen LogP contribution in [0.4, 0.5) is 0 Å². The van der Waals surface area contributed by atoms with Gasteiger partial charge in [0.2, 0.25) is 0 Å². The fourth-order valence-electron chi connectivity index (χ4n) is 5.33. The molecular formula is C34H25BrClIN2O4S. The number of halogens is 3. The van der Waals surface area contributed by atoms with Gasteiger partial charge in [-0.05, 0) is 82.6 Å². The molecule has 6 rings (SSSR count). The minimum Gasteiger partial charge on any atom is -0.487 e. The fourth-order valence-corrected chi connectivity index (χ4v) is 8.31. The number of aromatic nitrogens is 1. The second-order valence-electron chi connectivity index (χ2n) is 10.1. The van der Waals surface area contributed by atoms with Crippen molar-refractivity contribution in [1.82, 2.24) is 4.57 Å². The smallest absolute Gasteiger partial charge is 0.338 e. The molecule has 0 saturated heterocycles. The first-order chi connectivity index (χ1) is 21.3. The summed E-state index contributed by atoms with van der Waals surface area (Å²) in [4.78, 5) is 32.5. The Hall–Kier alpha value is -3.25. The first-order valence-electron chi connectivity index (χ1n) is 13.8. The van der Waals surface area contributed by atoms with Gasteiger partial charge in [0.05, 0.1) is 26.0 Å². The van der Waals surface area contributed by atoms with Crippen molar-refractivity contribution in [3.05, 3.63) is 140 Å². The van der Waals surface area contributed by atoms with E-state index in [1.807, 2.05) is 54.6 Å². The minimum atomic E-state index is -0.786. The Kier molecular flexibility index (Phi) is 9.09. The molecule has 2 heterocycles. The number of esters is 1. The Balaban J connectivity index is 1.48. The molecule has 0 saturated carbocycles. The van der Waals surface area contributed by atoms with Crippen molar-refractivity contribution in [2.75, 3.05) is 6.61 Å². The van der Waals surface area contributed by atoms with Crippen molar-refractivity contribution in [3.63, 3.8) is 0 Å². The van der Waals surface area contributed by atoms with Gasteiger partial charge in [-0.2, -0.15) is 0 Å². The molecule has 0 fully saturated rings. The molecule has 222 valence electrons. The van der Waals surface area contributed by atoms with Crippen LogP contribution in [0.25, 0.3) is 16.8 Å². The van der Waals surface area contributed by atoms with Gasteiger partial charge in [-0.1, -0.05) is 99.5 Å². The average Bonchev–Trinajstić information content (AvgIpc) is 3.30. The maximum Gasteiger partial charge on any atom is 0.338 e. The molecule has 0 amide bonds. The van der Waals surface area contributed by atoms with Gasteiger partial charge < -0.3 is 9.47 Å². The molecule has 5 aromatic rings. The molecule has 0 radical (unpaired) electrons. The highest BCUT2D eigenvalue weighted by Gasteiger charge is 2.34. The highest BCUT2D eigenvalue weighted by molar-refractivity contribution is 14.1. The van der Waals surface area contributed by atoms with Crippen LogP contribution in [0.2, 0.25) is 5.02 Å². The monoisotopic (exact) mass is 798 g/mol. The Morgan fingerprint density at radius 3 is 2.66 bits per heavy atom. The molecule has 1 aliphatic heterocycles. The van der Waals surface area contributed by atoms with Crippen molar-refractivity contribution >= 4 is 84.3 Å². The van der Waals surface area contributed by atoms with Crippen molar-refractivity contribution in [2.24, 2.45) is 4.99 Å². The maximum atomic E-state index is 14.2. The summed E-state index contributed by atoms with van der Waals surface area (Å²) < 4.78 is 15.6. The molecule has 1 aliphatic rings. The van der Waals surface area contributed by atoms with E-state index in [9.17, 15) is 9.59 Å². The van der Waals surface area contributed by atoms with Gasteiger partial charge in [-0.25, -0.2) is 9.79 Å². The summed E-state index contributed by atoms with van der Waals surface area (Å²) in [6.45, 7) is 4.05. The number of benzene rings is 4. The van der Waals surface area contributed by atoms with Crippen molar-refractivity contribution in [2.45, 2.75) is 26.5 Å². The zero-order valence-electron chi connectivity index (χ0n) is 23.6. The number of allylic oxidation sites excluding steroid dienone is 1. The van der Waals surface area contributed by atoms with Crippen molar-refractivity contribution < 1.29 is 14.3 Å². The fraction of sp³-hybridized carbons (Fsp3) is 0.147. The van der Waals surface area contributed by atoms with Crippen molar-refractivity contribution in [3.8, 4) is 5.75 Å². The van der Waals surface area contributed by atoms with Crippen LogP contribution in [0, 0.1) is 3.57 Å². The van der Waals surface area contributed by atoms with E-state index in [4.69, 9.17) is 21.1 Å². The van der Waals surface area contributed by atoms with Crippen LogP contribution < -0.4 is 19.6 Å². The third kappa shape index (κ3) is 5.90. The standard InChI is InChI=1S/C34H25BrClIN2O4S/c1-3-42-33(41)29-19(2)38-34-39(30(29)25-13-6-7-14-26(25)36)32(40)28(44-34)16-22-15-23(35)17-27(37)31(22)43-18-21-11-8-10-20-9-4-5-12-24(20)21/h4-17,30H,3,18H2,1-2H3/b28-16-/t30-/m1/s1. The van der Waals surface area contributed by atoms with E-state index in [1.165, 1.54) is 15.9 Å². The quantitative estimate of drug-likeness (QED) is 0.126. The van der Waals surface area contributed by atoms with Gasteiger partial charge in [0.25, 0.3) is 5.56 Å². The summed E-state index contributed by atoms with van der Waals surface area (Å²) in [5.41, 5.74) is 2.91. The van der Waals surface area contributed by atoms with Crippen LogP contribution >= 0.6 is 61.5 Å². The van der Waals surface area contributed by atoms with E-state index in [0.29, 0.717) is 38.0 Å². The zero-order valence-corrected chi connectivity index (χ0v) is 29.0. The van der Waals surface area contributed by atoms with E-state index < -0.39 is 12.0 Å². The highest BCUT2D eigenvalue weighted by Crippen LogP contribution is 2.35.